The van der Waals surface area contributed by atoms with Gasteiger partial charge in [0.15, 0.2) is 0 Å². The normalized spacial score (nSPS) is 20.0. The summed E-state index contributed by atoms with van der Waals surface area (Å²) in [5.41, 5.74) is 0.462. The number of aliphatic hydroxyl groups is 1. The Morgan fingerprint density at radius 2 is 1.90 bits per heavy atom. The van der Waals surface area contributed by atoms with Crippen LogP contribution in [0.25, 0.3) is 0 Å². The lowest BCUT2D eigenvalue weighted by Gasteiger charge is -2.18. The lowest BCUT2D eigenvalue weighted by Crippen LogP contribution is -2.35. The highest BCUT2D eigenvalue weighted by atomic mass is 19.1. The summed E-state index contributed by atoms with van der Waals surface area (Å²) < 4.78 is 12.8. The summed E-state index contributed by atoms with van der Waals surface area (Å²) in [7, 11) is 0. The van der Waals surface area contributed by atoms with Crippen molar-refractivity contribution in [1.29, 1.82) is 0 Å². The number of benzene rings is 1. The highest BCUT2D eigenvalue weighted by Crippen LogP contribution is 2.19. The first-order chi connectivity index (χ1) is 9.88. The summed E-state index contributed by atoms with van der Waals surface area (Å²) in [6.07, 6.45) is -0.466. The number of rotatable bonds is 5. The first-order valence-electron chi connectivity index (χ1n) is 6.94. The fourth-order valence-electron chi connectivity index (χ4n) is 2.34. The number of β-amino-alcohol motifs (C(OH)–C–C–N with tert-alkyl or cyclic N) is 1. The average Bonchev–Trinajstić information content (AvgIpc) is 2.66. The van der Waals surface area contributed by atoms with Crippen molar-refractivity contribution in [2.24, 2.45) is 5.92 Å². The van der Waals surface area contributed by atoms with Crippen LogP contribution in [0.4, 0.5) is 9.18 Å². The summed E-state index contributed by atoms with van der Waals surface area (Å²) in [5, 5.41) is 12.7. The van der Waals surface area contributed by atoms with Gasteiger partial charge in [0.05, 0.1) is 12.6 Å². The van der Waals surface area contributed by atoms with E-state index in [2.05, 4.69) is 5.32 Å². The van der Waals surface area contributed by atoms with Gasteiger partial charge in [-0.2, -0.15) is 0 Å². The number of carbonyl (C=O) groups excluding carboxylic acids is 2. The van der Waals surface area contributed by atoms with Crippen LogP contribution in [-0.4, -0.2) is 34.5 Å². The zero-order valence-electron chi connectivity index (χ0n) is 12.0. The van der Waals surface area contributed by atoms with Crippen LogP contribution in [0.2, 0.25) is 0 Å². The summed E-state index contributed by atoms with van der Waals surface area (Å²) in [6, 6.07) is 4.30. The van der Waals surface area contributed by atoms with Crippen molar-refractivity contribution in [2.45, 2.75) is 32.4 Å². The highest BCUT2D eigenvalue weighted by Gasteiger charge is 2.38. The molecule has 1 aromatic carbocycles. The number of halogens is 1. The molecular formula is C15H19FN2O3. The molecule has 1 saturated heterocycles. The quantitative estimate of drug-likeness (QED) is 0.814. The van der Waals surface area contributed by atoms with Gasteiger partial charge in [-0.3, -0.25) is 9.69 Å². The molecule has 0 radical (unpaired) electrons. The van der Waals surface area contributed by atoms with E-state index in [1.165, 1.54) is 24.3 Å². The summed E-state index contributed by atoms with van der Waals surface area (Å²) >= 11 is 0. The Kier molecular flexibility index (Phi) is 4.57. The van der Waals surface area contributed by atoms with Crippen LogP contribution in [0.5, 0.6) is 0 Å². The molecule has 0 saturated carbocycles. The maximum absolute atomic E-state index is 12.8. The minimum atomic E-state index is -1.03. The second-order valence-corrected chi connectivity index (χ2v) is 5.65. The molecule has 5 nitrogen and oxygen atoms in total. The summed E-state index contributed by atoms with van der Waals surface area (Å²) in [5.74, 6) is -0.450. The second kappa shape index (κ2) is 6.22. The standard InChI is InChI=1S/C15H19FN2O3/c1-9(2)7-12-14(20)18(15(21)17-12)8-13(19)10-3-5-11(16)6-4-10/h3-6,9,12-13,19H,7-8H2,1-2H3,(H,17,21). The molecule has 0 spiro atoms. The predicted molar refractivity (Wildman–Crippen MR) is 74.8 cm³/mol. The van der Waals surface area contributed by atoms with Crippen LogP contribution in [0.1, 0.15) is 31.9 Å². The number of imide groups is 1. The van der Waals surface area contributed by atoms with E-state index in [0.29, 0.717) is 12.0 Å². The first kappa shape index (κ1) is 15.4. The molecule has 1 heterocycles. The topological polar surface area (TPSA) is 69.6 Å². The van der Waals surface area contributed by atoms with Crippen LogP contribution in [-0.2, 0) is 4.79 Å². The molecule has 6 heteroatoms. The van der Waals surface area contributed by atoms with E-state index in [0.717, 1.165) is 4.90 Å². The number of nitrogens with zero attached hydrogens (tertiary/aromatic N) is 1. The van der Waals surface area contributed by atoms with Gasteiger partial charge >= 0.3 is 6.03 Å². The number of aliphatic hydroxyl groups excluding tert-OH is 1. The van der Waals surface area contributed by atoms with Crippen LogP contribution in [0, 0.1) is 11.7 Å². The Morgan fingerprint density at radius 1 is 1.29 bits per heavy atom. The molecule has 3 amide bonds. The van der Waals surface area contributed by atoms with Gasteiger partial charge in [-0.25, -0.2) is 9.18 Å². The van der Waals surface area contributed by atoms with Gasteiger partial charge in [-0.15, -0.1) is 0 Å². The SMILES string of the molecule is CC(C)CC1NC(=O)N(CC(O)c2ccc(F)cc2)C1=O. The molecule has 2 unspecified atom stereocenters. The van der Waals surface area contributed by atoms with E-state index in [4.69, 9.17) is 0 Å². The fourth-order valence-corrected chi connectivity index (χ4v) is 2.34. The van der Waals surface area contributed by atoms with E-state index in [1.807, 2.05) is 13.8 Å². The van der Waals surface area contributed by atoms with Crippen molar-refractivity contribution in [3.63, 3.8) is 0 Å². The number of urea groups is 1. The number of hydrogen-bond donors (Lipinski definition) is 2. The van der Waals surface area contributed by atoms with Crippen molar-refractivity contribution in [2.75, 3.05) is 6.54 Å². The fraction of sp³-hybridized carbons (Fsp3) is 0.467. The van der Waals surface area contributed by atoms with Gasteiger partial charge in [-0.05, 0) is 30.0 Å². The zero-order chi connectivity index (χ0) is 15.6. The molecule has 2 N–H and O–H groups in total. The lowest BCUT2D eigenvalue weighted by molar-refractivity contribution is -0.128. The monoisotopic (exact) mass is 294 g/mol. The molecule has 0 aliphatic carbocycles. The third kappa shape index (κ3) is 3.58. The molecule has 1 aliphatic rings. The zero-order valence-corrected chi connectivity index (χ0v) is 12.0. The van der Waals surface area contributed by atoms with E-state index >= 15 is 0 Å². The molecule has 114 valence electrons. The molecule has 2 rings (SSSR count). The highest BCUT2D eigenvalue weighted by molar-refractivity contribution is 6.04. The molecule has 1 aliphatic heterocycles. The van der Waals surface area contributed by atoms with Crippen LogP contribution in [0.3, 0.4) is 0 Å². The van der Waals surface area contributed by atoms with Crippen molar-refractivity contribution in [1.82, 2.24) is 10.2 Å². The van der Waals surface area contributed by atoms with Crippen molar-refractivity contribution < 1.29 is 19.1 Å². The van der Waals surface area contributed by atoms with Crippen LogP contribution in [0.15, 0.2) is 24.3 Å². The molecule has 1 fully saturated rings. The van der Waals surface area contributed by atoms with Crippen LogP contribution >= 0.6 is 0 Å². The first-order valence-corrected chi connectivity index (χ1v) is 6.94. The number of nitrogens with one attached hydrogen (secondary N) is 1. The minimum absolute atomic E-state index is 0.134. The molecule has 0 bridgehead atoms. The second-order valence-electron chi connectivity index (χ2n) is 5.65. The van der Waals surface area contributed by atoms with E-state index in [-0.39, 0.29) is 18.4 Å². The van der Waals surface area contributed by atoms with Crippen molar-refractivity contribution >= 4 is 11.9 Å². The van der Waals surface area contributed by atoms with E-state index in [1.54, 1.807) is 0 Å². The minimum Gasteiger partial charge on any atom is -0.387 e. The Morgan fingerprint density at radius 3 is 2.48 bits per heavy atom. The third-order valence-electron chi connectivity index (χ3n) is 3.42. The Balaban J connectivity index is 2.03. The number of hydrogen-bond acceptors (Lipinski definition) is 3. The Labute approximate surface area is 122 Å². The molecule has 0 aromatic heterocycles. The maximum Gasteiger partial charge on any atom is 0.324 e. The van der Waals surface area contributed by atoms with Gasteiger partial charge < -0.3 is 10.4 Å². The van der Waals surface area contributed by atoms with Gasteiger partial charge in [0, 0.05) is 0 Å². The van der Waals surface area contributed by atoms with Gasteiger partial charge in [-0.1, -0.05) is 26.0 Å². The predicted octanol–water partition coefficient (Wildman–Crippen LogP) is 1.83. The van der Waals surface area contributed by atoms with Crippen LogP contribution < -0.4 is 5.32 Å². The molecule has 1 aromatic rings. The third-order valence-corrected chi connectivity index (χ3v) is 3.42. The lowest BCUT2D eigenvalue weighted by atomic mass is 10.0. The smallest absolute Gasteiger partial charge is 0.324 e. The van der Waals surface area contributed by atoms with Gasteiger partial charge in [0.2, 0.25) is 0 Å². The molecular weight excluding hydrogens is 275 g/mol. The molecule has 21 heavy (non-hydrogen) atoms. The summed E-state index contributed by atoms with van der Waals surface area (Å²) in [4.78, 5) is 25.0. The average molecular weight is 294 g/mol. The van der Waals surface area contributed by atoms with Crippen molar-refractivity contribution in [3.8, 4) is 0 Å². The Bertz CT molecular complexity index is 530. The maximum atomic E-state index is 12.8. The number of amides is 3. The van der Waals surface area contributed by atoms with Crippen molar-refractivity contribution in [3.05, 3.63) is 35.6 Å². The van der Waals surface area contributed by atoms with Gasteiger partial charge in [0.1, 0.15) is 11.9 Å². The van der Waals surface area contributed by atoms with Gasteiger partial charge in [0.25, 0.3) is 5.91 Å². The number of carbonyl (C=O) groups is 2. The van der Waals surface area contributed by atoms with E-state index < -0.39 is 24.0 Å². The Hall–Kier alpha value is -1.95. The van der Waals surface area contributed by atoms with E-state index in [9.17, 15) is 19.1 Å². The largest absolute Gasteiger partial charge is 0.387 e. The molecule has 2 atom stereocenters. The summed E-state index contributed by atoms with van der Waals surface area (Å²) in [6.45, 7) is 3.80.